The Balaban J connectivity index is 2.05. The Kier molecular flexibility index (Phi) is 2.69. The zero-order chi connectivity index (χ0) is 12.7. The number of hydrogen-bond acceptors (Lipinski definition) is 2. The maximum Gasteiger partial charge on any atom is 0.244 e. The van der Waals surface area contributed by atoms with Gasteiger partial charge in [-0.15, -0.1) is 0 Å². The van der Waals surface area contributed by atoms with E-state index in [0.29, 0.717) is 5.69 Å². The summed E-state index contributed by atoms with van der Waals surface area (Å²) in [5.41, 5.74) is 0.582. The van der Waals surface area contributed by atoms with Gasteiger partial charge in [0.25, 0.3) is 0 Å². The molecule has 1 saturated carbocycles. The van der Waals surface area contributed by atoms with E-state index in [4.69, 9.17) is 0 Å². The molecule has 1 aliphatic carbocycles. The highest BCUT2D eigenvalue weighted by Crippen LogP contribution is 2.37. The van der Waals surface area contributed by atoms with E-state index in [9.17, 15) is 13.6 Å². The Labute approximate surface area is 104 Å². The molecule has 1 N–H and O–H groups in total. The van der Waals surface area contributed by atoms with Gasteiger partial charge in [-0.1, -0.05) is 12.8 Å². The minimum absolute atomic E-state index is 0.111. The van der Waals surface area contributed by atoms with E-state index in [1.807, 2.05) is 4.90 Å². The zero-order valence-electron chi connectivity index (χ0n) is 9.88. The van der Waals surface area contributed by atoms with E-state index < -0.39 is 11.6 Å². The Hall–Kier alpha value is -1.65. The lowest BCUT2D eigenvalue weighted by atomic mass is 10.1. The van der Waals surface area contributed by atoms with Gasteiger partial charge in [0.15, 0.2) is 5.82 Å². The number of carbonyl (C=O) groups is 1. The molecule has 1 aliphatic heterocycles. The molecule has 0 atom stereocenters. The summed E-state index contributed by atoms with van der Waals surface area (Å²) in [6.07, 6.45) is 4.17. The molecule has 5 heteroatoms. The minimum Gasteiger partial charge on any atom is -0.357 e. The van der Waals surface area contributed by atoms with Crippen LogP contribution < -0.4 is 10.2 Å². The Morgan fingerprint density at radius 1 is 1.22 bits per heavy atom. The van der Waals surface area contributed by atoms with Gasteiger partial charge in [0, 0.05) is 12.1 Å². The SMILES string of the molecule is O=C1CN(C2CCCC2)c2cc(F)cc(F)c2N1. The Morgan fingerprint density at radius 2 is 1.94 bits per heavy atom. The molecule has 1 amide bonds. The summed E-state index contributed by atoms with van der Waals surface area (Å²) in [4.78, 5) is 13.5. The van der Waals surface area contributed by atoms with Crippen LogP contribution in [0.2, 0.25) is 0 Å². The fourth-order valence-corrected chi connectivity index (χ4v) is 2.87. The van der Waals surface area contributed by atoms with E-state index in [0.717, 1.165) is 31.7 Å². The molecule has 1 heterocycles. The molecule has 0 spiro atoms. The summed E-state index contributed by atoms with van der Waals surface area (Å²) in [7, 11) is 0. The lowest BCUT2D eigenvalue weighted by Crippen LogP contribution is -2.44. The van der Waals surface area contributed by atoms with Crippen molar-refractivity contribution in [2.24, 2.45) is 0 Å². The van der Waals surface area contributed by atoms with Crippen LogP contribution in [0.1, 0.15) is 25.7 Å². The van der Waals surface area contributed by atoms with Crippen LogP contribution in [-0.4, -0.2) is 18.5 Å². The van der Waals surface area contributed by atoms with Crippen LogP contribution >= 0.6 is 0 Å². The average Bonchev–Trinajstić information content (AvgIpc) is 2.83. The maximum atomic E-state index is 13.7. The molecule has 3 rings (SSSR count). The van der Waals surface area contributed by atoms with Gasteiger partial charge in [-0.2, -0.15) is 0 Å². The Bertz CT molecular complexity index is 498. The van der Waals surface area contributed by atoms with Crippen LogP contribution in [0.4, 0.5) is 20.2 Å². The first-order valence-electron chi connectivity index (χ1n) is 6.20. The number of nitrogens with one attached hydrogen (secondary N) is 1. The second kappa shape index (κ2) is 4.23. The molecule has 96 valence electrons. The van der Waals surface area contributed by atoms with Gasteiger partial charge in [-0.25, -0.2) is 8.78 Å². The highest BCUT2D eigenvalue weighted by atomic mass is 19.1. The summed E-state index contributed by atoms with van der Waals surface area (Å²) in [5.74, 6) is -1.55. The number of rotatable bonds is 1. The van der Waals surface area contributed by atoms with Crippen molar-refractivity contribution in [3.63, 3.8) is 0 Å². The second-order valence-electron chi connectivity index (χ2n) is 4.90. The van der Waals surface area contributed by atoms with Gasteiger partial charge in [0.05, 0.1) is 12.2 Å². The predicted octanol–water partition coefficient (Wildman–Crippen LogP) is 2.67. The van der Waals surface area contributed by atoms with Crippen LogP contribution in [0.3, 0.4) is 0 Å². The average molecular weight is 252 g/mol. The minimum atomic E-state index is -0.707. The molecule has 1 fully saturated rings. The van der Waals surface area contributed by atoms with E-state index >= 15 is 0 Å². The third-order valence-corrected chi connectivity index (χ3v) is 3.69. The van der Waals surface area contributed by atoms with Gasteiger partial charge in [0.2, 0.25) is 5.91 Å². The van der Waals surface area contributed by atoms with E-state index in [-0.39, 0.29) is 24.2 Å². The molecule has 0 aromatic heterocycles. The first-order valence-corrected chi connectivity index (χ1v) is 6.20. The van der Waals surface area contributed by atoms with E-state index in [1.165, 1.54) is 6.07 Å². The van der Waals surface area contributed by atoms with Crippen LogP contribution in [0.5, 0.6) is 0 Å². The van der Waals surface area contributed by atoms with Crippen molar-refractivity contribution < 1.29 is 13.6 Å². The van der Waals surface area contributed by atoms with Crippen LogP contribution in [0, 0.1) is 11.6 Å². The number of nitrogens with zero attached hydrogens (tertiary/aromatic N) is 1. The maximum absolute atomic E-state index is 13.7. The topological polar surface area (TPSA) is 32.3 Å². The van der Waals surface area contributed by atoms with Crippen molar-refractivity contribution in [2.75, 3.05) is 16.8 Å². The standard InChI is InChI=1S/C13H14F2N2O/c14-8-5-10(15)13-11(6-8)17(7-12(18)16-13)9-3-1-2-4-9/h5-6,9H,1-4,7H2,(H,16,18). The first-order chi connectivity index (χ1) is 8.65. The smallest absolute Gasteiger partial charge is 0.244 e. The van der Waals surface area contributed by atoms with Crippen molar-refractivity contribution >= 4 is 17.3 Å². The number of hydrogen-bond donors (Lipinski definition) is 1. The summed E-state index contributed by atoms with van der Waals surface area (Å²) >= 11 is 0. The number of carbonyl (C=O) groups excluding carboxylic acids is 1. The van der Waals surface area contributed by atoms with Gasteiger partial charge in [-0.05, 0) is 18.9 Å². The first kappa shape index (κ1) is 11.4. The van der Waals surface area contributed by atoms with Crippen molar-refractivity contribution in [2.45, 2.75) is 31.7 Å². The van der Waals surface area contributed by atoms with Crippen LogP contribution in [-0.2, 0) is 4.79 Å². The van der Waals surface area contributed by atoms with Gasteiger partial charge in [-0.3, -0.25) is 4.79 Å². The third kappa shape index (κ3) is 1.83. The van der Waals surface area contributed by atoms with Crippen molar-refractivity contribution in [3.05, 3.63) is 23.8 Å². The molecule has 0 radical (unpaired) electrons. The summed E-state index contributed by atoms with van der Waals surface area (Å²) < 4.78 is 27.0. The van der Waals surface area contributed by atoms with Crippen molar-refractivity contribution in [3.8, 4) is 0 Å². The quantitative estimate of drug-likeness (QED) is 0.833. The number of benzene rings is 1. The number of fused-ring (bicyclic) bond motifs is 1. The predicted molar refractivity (Wildman–Crippen MR) is 64.6 cm³/mol. The molecule has 0 bridgehead atoms. The molecule has 1 aromatic rings. The number of anilines is 2. The fourth-order valence-electron chi connectivity index (χ4n) is 2.87. The Morgan fingerprint density at radius 3 is 2.67 bits per heavy atom. The largest absolute Gasteiger partial charge is 0.357 e. The van der Waals surface area contributed by atoms with Crippen molar-refractivity contribution in [1.82, 2.24) is 0 Å². The summed E-state index contributed by atoms with van der Waals surface area (Å²) in [5, 5.41) is 2.49. The van der Waals surface area contributed by atoms with Gasteiger partial charge >= 0.3 is 0 Å². The molecule has 3 nitrogen and oxygen atoms in total. The summed E-state index contributed by atoms with van der Waals surface area (Å²) in [6, 6.07) is 2.32. The lowest BCUT2D eigenvalue weighted by Gasteiger charge is -2.35. The highest BCUT2D eigenvalue weighted by molar-refractivity contribution is 6.01. The molecular formula is C13H14F2N2O. The molecule has 0 saturated heterocycles. The van der Waals surface area contributed by atoms with Crippen LogP contribution in [0.15, 0.2) is 12.1 Å². The zero-order valence-corrected chi connectivity index (χ0v) is 9.88. The summed E-state index contributed by atoms with van der Waals surface area (Å²) in [6.45, 7) is 0.181. The van der Waals surface area contributed by atoms with E-state index in [1.54, 1.807) is 0 Å². The number of halogens is 2. The lowest BCUT2D eigenvalue weighted by molar-refractivity contribution is -0.115. The number of amides is 1. The monoisotopic (exact) mass is 252 g/mol. The van der Waals surface area contributed by atoms with Crippen molar-refractivity contribution in [1.29, 1.82) is 0 Å². The highest BCUT2D eigenvalue weighted by Gasteiger charge is 2.31. The fraction of sp³-hybridized carbons (Fsp3) is 0.462. The molecule has 2 aliphatic rings. The van der Waals surface area contributed by atoms with E-state index in [2.05, 4.69) is 5.32 Å². The van der Waals surface area contributed by atoms with Crippen LogP contribution in [0.25, 0.3) is 0 Å². The molecular weight excluding hydrogens is 238 g/mol. The normalized spacial score (nSPS) is 19.9. The molecule has 1 aromatic carbocycles. The second-order valence-corrected chi connectivity index (χ2v) is 4.90. The third-order valence-electron chi connectivity index (χ3n) is 3.69. The molecule has 18 heavy (non-hydrogen) atoms. The van der Waals surface area contributed by atoms with Gasteiger partial charge < -0.3 is 10.2 Å². The molecule has 0 unspecified atom stereocenters. The van der Waals surface area contributed by atoms with Gasteiger partial charge in [0.1, 0.15) is 11.5 Å².